The van der Waals surface area contributed by atoms with Crippen molar-refractivity contribution in [2.24, 2.45) is 0 Å². The van der Waals surface area contributed by atoms with Crippen LogP contribution in [0.2, 0.25) is 0 Å². The molecule has 0 fully saturated rings. The molecule has 0 aromatic carbocycles. The molecule has 4 aromatic rings. The monoisotopic (exact) mass is 576 g/mol. The summed E-state index contributed by atoms with van der Waals surface area (Å²) in [6.45, 7) is 4.57. The van der Waals surface area contributed by atoms with Crippen LogP contribution in [0.3, 0.4) is 0 Å². The zero-order valence-corrected chi connectivity index (χ0v) is 24.5. The molecule has 0 saturated carbocycles. The van der Waals surface area contributed by atoms with E-state index in [1.54, 1.807) is 0 Å². The van der Waals surface area contributed by atoms with Gasteiger partial charge in [0.15, 0.2) is 0 Å². The van der Waals surface area contributed by atoms with Crippen molar-refractivity contribution in [3.05, 3.63) is 55.3 Å². The molecule has 0 nitrogen and oxygen atoms in total. The summed E-state index contributed by atoms with van der Waals surface area (Å²) < 4.78 is 1.25. The predicted molar refractivity (Wildman–Crippen MR) is 158 cm³/mol. The van der Waals surface area contributed by atoms with Crippen LogP contribution in [0, 0.1) is 0 Å². The van der Waals surface area contributed by atoms with Gasteiger partial charge in [0.05, 0.1) is 8.66 Å². The lowest BCUT2D eigenvalue weighted by Crippen LogP contribution is -1.88. The van der Waals surface area contributed by atoms with E-state index < -0.39 is 0 Å². The molecule has 4 aromatic heterocycles. The fraction of sp³-hybridized carbons (Fsp3) is 0.429. The Balaban J connectivity index is 1.61. The second kappa shape index (κ2) is 12.8. The molecular formula is C28H33BrS4. The fourth-order valence-corrected chi connectivity index (χ4v) is 9.23. The van der Waals surface area contributed by atoms with E-state index >= 15 is 0 Å². The third-order valence-electron chi connectivity index (χ3n) is 6.15. The van der Waals surface area contributed by atoms with E-state index in [4.69, 9.17) is 0 Å². The van der Waals surface area contributed by atoms with E-state index in [1.165, 1.54) is 110 Å². The van der Waals surface area contributed by atoms with Gasteiger partial charge < -0.3 is 0 Å². The molecular weight excluding hydrogens is 544 g/mol. The summed E-state index contributed by atoms with van der Waals surface area (Å²) in [4.78, 5) is 5.83. The molecule has 0 N–H and O–H groups in total. The van der Waals surface area contributed by atoms with Gasteiger partial charge in [0.1, 0.15) is 0 Å². The molecule has 176 valence electrons. The Bertz CT molecular complexity index is 1130. The minimum absolute atomic E-state index is 1.18. The van der Waals surface area contributed by atoms with Crippen molar-refractivity contribution in [1.29, 1.82) is 0 Å². The van der Waals surface area contributed by atoms with Crippen molar-refractivity contribution in [3.63, 3.8) is 0 Å². The SMILES string of the molecule is CCCCCCc1ccsc1-c1ccsc1-c1ccsc1-c1sc(Br)cc1CCCCCC. The van der Waals surface area contributed by atoms with Crippen LogP contribution in [0.25, 0.3) is 30.6 Å². The second-order valence-electron chi connectivity index (χ2n) is 8.63. The van der Waals surface area contributed by atoms with Gasteiger partial charge >= 0.3 is 0 Å². The first-order valence-electron chi connectivity index (χ1n) is 12.2. The first kappa shape index (κ1) is 25.4. The van der Waals surface area contributed by atoms with Gasteiger partial charge in [-0.15, -0.1) is 45.3 Å². The number of unbranched alkanes of at least 4 members (excludes halogenated alkanes) is 6. The summed E-state index contributed by atoms with van der Waals surface area (Å²) in [6.07, 6.45) is 12.9. The van der Waals surface area contributed by atoms with E-state index in [9.17, 15) is 0 Å². The highest BCUT2D eigenvalue weighted by atomic mass is 79.9. The normalized spacial score (nSPS) is 11.5. The quantitative estimate of drug-likeness (QED) is 0.139. The lowest BCUT2D eigenvalue weighted by atomic mass is 10.0. The van der Waals surface area contributed by atoms with Gasteiger partial charge in [-0.05, 0) is 93.1 Å². The molecule has 0 unspecified atom stereocenters. The highest BCUT2D eigenvalue weighted by Gasteiger charge is 2.20. The van der Waals surface area contributed by atoms with E-state index in [-0.39, 0.29) is 0 Å². The van der Waals surface area contributed by atoms with Crippen molar-refractivity contribution in [2.75, 3.05) is 0 Å². The predicted octanol–water partition coefficient (Wildman–Crippen LogP) is 11.9. The Kier molecular flexibility index (Phi) is 9.87. The van der Waals surface area contributed by atoms with Crippen LogP contribution in [0.5, 0.6) is 0 Å². The summed E-state index contributed by atoms with van der Waals surface area (Å²) in [5, 5.41) is 6.84. The summed E-state index contributed by atoms with van der Waals surface area (Å²) in [7, 11) is 0. The summed E-state index contributed by atoms with van der Waals surface area (Å²) in [6, 6.07) is 9.41. The molecule has 0 amide bonds. The number of aryl methyl sites for hydroxylation is 2. The maximum absolute atomic E-state index is 3.78. The Hall–Kier alpha value is -0.720. The Morgan fingerprint density at radius 3 is 1.88 bits per heavy atom. The van der Waals surface area contributed by atoms with Gasteiger partial charge in [0.2, 0.25) is 0 Å². The summed E-state index contributed by atoms with van der Waals surface area (Å²) in [5.74, 6) is 0. The van der Waals surface area contributed by atoms with Gasteiger partial charge in [-0.3, -0.25) is 0 Å². The average Bonchev–Trinajstić information content (AvgIpc) is 3.60. The molecule has 0 atom stereocenters. The van der Waals surface area contributed by atoms with E-state index in [1.807, 2.05) is 45.3 Å². The smallest absolute Gasteiger partial charge is 0.0708 e. The molecule has 4 heterocycles. The number of thiophene rings is 4. The third kappa shape index (κ3) is 6.29. The topological polar surface area (TPSA) is 0 Å². The highest BCUT2D eigenvalue weighted by Crippen LogP contribution is 2.49. The molecule has 0 spiro atoms. The molecule has 0 aliphatic rings. The lowest BCUT2D eigenvalue weighted by molar-refractivity contribution is 0.668. The van der Waals surface area contributed by atoms with E-state index in [0.717, 1.165) is 0 Å². The van der Waals surface area contributed by atoms with Crippen molar-refractivity contribution in [1.82, 2.24) is 0 Å². The van der Waals surface area contributed by atoms with Crippen LogP contribution < -0.4 is 0 Å². The summed E-state index contributed by atoms with van der Waals surface area (Å²) in [5.41, 5.74) is 5.89. The van der Waals surface area contributed by atoms with Gasteiger partial charge in [-0.1, -0.05) is 52.4 Å². The van der Waals surface area contributed by atoms with Crippen LogP contribution in [-0.2, 0) is 12.8 Å². The number of hydrogen-bond acceptors (Lipinski definition) is 4. The van der Waals surface area contributed by atoms with Crippen molar-refractivity contribution >= 4 is 61.3 Å². The Morgan fingerprint density at radius 2 is 1.18 bits per heavy atom. The largest absolute Gasteiger partial charge is 0.143 e. The fourth-order valence-electron chi connectivity index (χ4n) is 4.39. The van der Waals surface area contributed by atoms with Gasteiger partial charge in [0, 0.05) is 25.8 Å². The molecule has 0 aliphatic heterocycles. The summed E-state index contributed by atoms with van der Waals surface area (Å²) >= 11 is 11.4. The number of hydrogen-bond donors (Lipinski definition) is 0. The van der Waals surface area contributed by atoms with Gasteiger partial charge in [-0.2, -0.15) is 0 Å². The minimum Gasteiger partial charge on any atom is -0.143 e. The number of halogens is 1. The average molecular weight is 578 g/mol. The third-order valence-corrected chi connectivity index (χ3v) is 10.8. The molecule has 0 aliphatic carbocycles. The van der Waals surface area contributed by atoms with Crippen LogP contribution in [0.1, 0.15) is 76.3 Å². The standard InChI is InChI=1S/C28H33BrS4/c1-3-5-7-9-11-20-13-16-30-25(20)22-14-17-31-27(22)23-15-18-32-28(23)26-21(19-24(29)33-26)12-10-8-6-4-2/h13-19H,3-12H2,1-2H3. The zero-order chi connectivity index (χ0) is 23.0. The van der Waals surface area contributed by atoms with Crippen LogP contribution >= 0.6 is 61.3 Å². The van der Waals surface area contributed by atoms with Gasteiger partial charge in [0.25, 0.3) is 0 Å². The second-order valence-corrected chi connectivity index (χ2v) is 13.8. The van der Waals surface area contributed by atoms with Crippen LogP contribution in [0.15, 0.2) is 44.2 Å². The zero-order valence-electron chi connectivity index (χ0n) is 19.6. The maximum atomic E-state index is 3.78. The van der Waals surface area contributed by atoms with Crippen molar-refractivity contribution in [3.8, 4) is 30.6 Å². The Labute approximate surface area is 223 Å². The molecule has 0 radical (unpaired) electrons. The van der Waals surface area contributed by atoms with E-state index in [0.29, 0.717) is 0 Å². The van der Waals surface area contributed by atoms with E-state index in [2.05, 4.69) is 70.2 Å². The van der Waals surface area contributed by atoms with Gasteiger partial charge in [-0.25, -0.2) is 0 Å². The maximum Gasteiger partial charge on any atom is 0.0708 e. The first-order valence-corrected chi connectivity index (χ1v) is 16.5. The molecule has 5 heteroatoms. The molecule has 0 bridgehead atoms. The van der Waals surface area contributed by atoms with Crippen LogP contribution in [0.4, 0.5) is 0 Å². The lowest BCUT2D eigenvalue weighted by Gasteiger charge is -2.08. The molecule has 4 rings (SSSR count). The van der Waals surface area contributed by atoms with Crippen LogP contribution in [-0.4, -0.2) is 0 Å². The first-order chi connectivity index (χ1) is 16.2. The van der Waals surface area contributed by atoms with Crippen molar-refractivity contribution < 1.29 is 0 Å². The number of rotatable bonds is 13. The minimum atomic E-state index is 1.18. The molecule has 33 heavy (non-hydrogen) atoms. The molecule has 0 saturated heterocycles. The highest BCUT2D eigenvalue weighted by molar-refractivity contribution is 9.11. The Morgan fingerprint density at radius 1 is 0.606 bits per heavy atom. The van der Waals surface area contributed by atoms with Crippen molar-refractivity contribution in [2.45, 2.75) is 78.1 Å².